The van der Waals surface area contributed by atoms with Gasteiger partial charge in [0.25, 0.3) is 11.5 Å². The Labute approximate surface area is 196 Å². The van der Waals surface area contributed by atoms with Crippen LogP contribution < -0.4 is 20.9 Å². The molecule has 168 valence electrons. The fourth-order valence-corrected chi connectivity index (χ4v) is 3.20. The molecule has 0 atom stereocenters. The van der Waals surface area contributed by atoms with Crippen LogP contribution in [0, 0.1) is 11.3 Å². The second-order valence-electron chi connectivity index (χ2n) is 6.26. The van der Waals surface area contributed by atoms with Crippen LogP contribution in [0.5, 0.6) is 11.6 Å². The van der Waals surface area contributed by atoms with E-state index in [4.69, 9.17) is 33.2 Å². The molecular weight excluding hydrogens is 473 g/mol. The third kappa shape index (κ3) is 5.60. The Morgan fingerprint density at radius 3 is 2.52 bits per heavy atom. The van der Waals surface area contributed by atoms with Crippen molar-refractivity contribution >= 4 is 51.7 Å². The third-order valence-corrected chi connectivity index (χ3v) is 4.66. The number of hydrogen-bond acceptors (Lipinski definition) is 8. The molecule has 2 amide bonds. The second kappa shape index (κ2) is 10.5. The molecule has 2 aromatic carbocycles. The van der Waals surface area contributed by atoms with Crippen molar-refractivity contribution in [1.82, 2.24) is 15.5 Å². The summed E-state index contributed by atoms with van der Waals surface area (Å²) in [4.78, 5) is 35.2. The van der Waals surface area contributed by atoms with Gasteiger partial charge in [0.2, 0.25) is 5.88 Å². The average molecular weight is 488 g/mol. The van der Waals surface area contributed by atoms with Gasteiger partial charge in [0.1, 0.15) is 11.6 Å². The van der Waals surface area contributed by atoms with E-state index in [1.54, 1.807) is 37.3 Å². The number of carbonyl (C=O) groups is 2. The van der Waals surface area contributed by atoms with Gasteiger partial charge in [-0.25, -0.2) is 9.89 Å². The van der Waals surface area contributed by atoms with E-state index in [1.807, 2.05) is 5.32 Å². The van der Waals surface area contributed by atoms with Crippen LogP contribution in [-0.4, -0.2) is 28.8 Å². The van der Waals surface area contributed by atoms with Crippen LogP contribution in [0.15, 0.2) is 53.0 Å². The molecule has 0 unspecified atom stereocenters. The van der Waals surface area contributed by atoms with Gasteiger partial charge in [0, 0.05) is 11.9 Å². The average Bonchev–Trinajstić information content (AvgIpc) is 2.78. The lowest BCUT2D eigenvalue weighted by molar-refractivity contribution is -0.116. The van der Waals surface area contributed by atoms with E-state index in [-0.39, 0.29) is 39.4 Å². The van der Waals surface area contributed by atoms with Crippen LogP contribution in [0.1, 0.15) is 6.92 Å². The van der Waals surface area contributed by atoms with Crippen molar-refractivity contribution in [2.45, 2.75) is 6.92 Å². The fourth-order valence-electron chi connectivity index (χ4n) is 2.64. The summed E-state index contributed by atoms with van der Waals surface area (Å²) in [5.74, 6) is -0.772. The van der Waals surface area contributed by atoms with Gasteiger partial charge >= 0.3 is 6.09 Å². The Bertz CT molecular complexity index is 1340. The number of imide groups is 1. The van der Waals surface area contributed by atoms with E-state index in [0.717, 1.165) is 6.20 Å². The highest BCUT2D eigenvalue weighted by molar-refractivity contribution is 6.37. The molecule has 0 bridgehead atoms. The van der Waals surface area contributed by atoms with E-state index in [1.165, 1.54) is 12.1 Å². The third-order valence-electron chi connectivity index (χ3n) is 4.10. The quantitative estimate of drug-likeness (QED) is 0.347. The van der Waals surface area contributed by atoms with Crippen molar-refractivity contribution in [3.8, 4) is 17.7 Å². The van der Waals surface area contributed by atoms with Crippen molar-refractivity contribution < 1.29 is 19.1 Å². The summed E-state index contributed by atoms with van der Waals surface area (Å²) in [5, 5.41) is 21.1. The SMILES string of the molecule is CCOC(=O)NC(=O)C(C#N)=CNc1cc(Cl)c(Oc2n[nH]c(=O)c3ccccc23)c(Cl)c1. The maximum atomic E-state index is 12.0. The number of H-pyrrole nitrogens is 1. The molecule has 3 aromatic rings. The Hall–Kier alpha value is -4.07. The molecule has 0 fully saturated rings. The zero-order valence-corrected chi connectivity index (χ0v) is 18.5. The fraction of sp³-hybridized carbons (Fsp3) is 0.0952. The molecule has 1 heterocycles. The van der Waals surface area contributed by atoms with Crippen LogP contribution in [0.2, 0.25) is 10.0 Å². The lowest BCUT2D eigenvalue weighted by atomic mass is 10.2. The first-order valence-corrected chi connectivity index (χ1v) is 10.1. The van der Waals surface area contributed by atoms with Gasteiger partial charge < -0.3 is 14.8 Å². The molecule has 12 heteroatoms. The van der Waals surface area contributed by atoms with Crippen molar-refractivity contribution in [3.63, 3.8) is 0 Å². The Kier molecular flexibility index (Phi) is 7.50. The summed E-state index contributed by atoms with van der Waals surface area (Å²) in [6.45, 7) is 1.64. The number of nitriles is 1. The highest BCUT2D eigenvalue weighted by atomic mass is 35.5. The van der Waals surface area contributed by atoms with Crippen LogP contribution >= 0.6 is 23.2 Å². The molecule has 3 N–H and O–H groups in total. The number of halogens is 2. The van der Waals surface area contributed by atoms with Crippen molar-refractivity contribution in [3.05, 3.63) is 68.6 Å². The van der Waals surface area contributed by atoms with Gasteiger partial charge in [-0.1, -0.05) is 35.3 Å². The zero-order valence-electron chi connectivity index (χ0n) is 16.9. The summed E-state index contributed by atoms with van der Waals surface area (Å²) in [5.41, 5.74) is -0.436. The highest BCUT2D eigenvalue weighted by Crippen LogP contribution is 2.39. The van der Waals surface area contributed by atoms with E-state index in [0.29, 0.717) is 16.5 Å². The normalized spacial score (nSPS) is 10.9. The van der Waals surface area contributed by atoms with Crippen LogP contribution in [0.25, 0.3) is 10.8 Å². The summed E-state index contributed by atoms with van der Waals surface area (Å²) in [6, 6.07) is 11.3. The number of benzene rings is 2. The minimum absolute atomic E-state index is 0.0682. The minimum atomic E-state index is -0.973. The number of carbonyl (C=O) groups excluding carboxylic acids is 2. The van der Waals surface area contributed by atoms with Gasteiger partial charge in [-0.2, -0.15) is 5.26 Å². The van der Waals surface area contributed by atoms with Gasteiger partial charge in [-0.15, -0.1) is 5.10 Å². The maximum Gasteiger partial charge on any atom is 0.414 e. The number of fused-ring (bicyclic) bond motifs is 1. The summed E-state index contributed by atoms with van der Waals surface area (Å²) in [6.07, 6.45) is 0.105. The first-order chi connectivity index (χ1) is 15.8. The largest absolute Gasteiger partial charge is 0.450 e. The molecule has 0 saturated heterocycles. The number of rotatable bonds is 6. The Morgan fingerprint density at radius 1 is 1.21 bits per heavy atom. The number of hydrogen-bond donors (Lipinski definition) is 3. The molecule has 33 heavy (non-hydrogen) atoms. The molecule has 10 nitrogen and oxygen atoms in total. The molecule has 0 radical (unpaired) electrons. The van der Waals surface area contributed by atoms with E-state index < -0.39 is 12.0 Å². The molecule has 3 rings (SSSR count). The summed E-state index contributed by atoms with van der Waals surface area (Å²) in [7, 11) is 0. The van der Waals surface area contributed by atoms with Crippen molar-refractivity contribution in [2.75, 3.05) is 11.9 Å². The molecule has 0 aliphatic heterocycles. The van der Waals surface area contributed by atoms with Crippen molar-refractivity contribution in [1.29, 1.82) is 5.26 Å². The number of aromatic amines is 1. The first-order valence-electron chi connectivity index (χ1n) is 9.33. The van der Waals surface area contributed by atoms with Gasteiger partial charge in [-0.3, -0.25) is 14.9 Å². The van der Waals surface area contributed by atoms with Crippen LogP contribution in [0.4, 0.5) is 10.5 Å². The molecule has 1 aromatic heterocycles. The van der Waals surface area contributed by atoms with E-state index in [2.05, 4.69) is 20.3 Å². The van der Waals surface area contributed by atoms with E-state index in [9.17, 15) is 14.4 Å². The number of amides is 2. The highest BCUT2D eigenvalue weighted by Gasteiger charge is 2.16. The standard InChI is InChI=1S/C21H15Cl2N5O5/c1-2-32-21(31)26-18(29)11(9-24)10-25-12-7-15(22)17(16(23)8-12)33-20-14-6-4-3-5-13(14)19(30)27-28-20/h3-8,10,25H,2H2,1H3,(H,27,30)(H,26,29,31). The maximum absolute atomic E-state index is 12.0. The molecule has 0 aliphatic carbocycles. The van der Waals surface area contributed by atoms with Crippen LogP contribution in [0.3, 0.4) is 0 Å². The number of anilines is 1. The smallest absolute Gasteiger partial charge is 0.414 e. The topological polar surface area (TPSA) is 146 Å². The number of ether oxygens (including phenoxy) is 2. The van der Waals surface area contributed by atoms with Crippen LogP contribution in [-0.2, 0) is 9.53 Å². The van der Waals surface area contributed by atoms with Gasteiger partial charge in [0.05, 0.1) is 27.4 Å². The molecule has 0 saturated carbocycles. The summed E-state index contributed by atoms with van der Waals surface area (Å²) < 4.78 is 10.4. The monoisotopic (exact) mass is 487 g/mol. The number of nitrogens with zero attached hydrogens (tertiary/aromatic N) is 2. The molecular formula is C21H15Cl2N5O5. The molecule has 0 aliphatic rings. The van der Waals surface area contributed by atoms with Gasteiger partial charge in [-0.05, 0) is 31.2 Å². The number of nitrogens with one attached hydrogen (secondary N) is 3. The predicted octanol–water partition coefficient (Wildman–Crippen LogP) is 4.11. The Morgan fingerprint density at radius 2 is 1.88 bits per heavy atom. The Balaban J connectivity index is 1.82. The van der Waals surface area contributed by atoms with Crippen molar-refractivity contribution in [2.24, 2.45) is 0 Å². The first kappa shape index (κ1) is 23.6. The minimum Gasteiger partial charge on any atom is -0.450 e. The predicted molar refractivity (Wildman–Crippen MR) is 121 cm³/mol. The molecule has 0 spiro atoms. The zero-order chi connectivity index (χ0) is 24.0. The summed E-state index contributed by atoms with van der Waals surface area (Å²) >= 11 is 12.6. The number of aromatic nitrogens is 2. The lowest BCUT2D eigenvalue weighted by Crippen LogP contribution is -2.32. The van der Waals surface area contributed by atoms with E-state index >= 15 is 0 Å². The number of alkyl carbamates (subject to hydrolysis) is 1. The van der Waals surface area contributed by atoms with Gasteiger partial charge in [0.15, 0.2) is 5.75 Å². The second-order valence-corrected chi connectivity index (χ2v) is 7.08. The lowest BCUT2D eigenvalue weighted by Gasteiger charge is -2.12.